The molecule has 0 fully saturated rings. The molecule has 0 amide bonds. The van der Waals surface area contributed by atoms with E-state index in [1.807, 2.05) is 31.4 Å². The molecule has 5 nitrogen and oxygen atoms in total. The van der Waals surface area contributed by atoms with Crippen molar-refractivity contribution in [3.63, 3.8) is 0 Å². The fourth-order valence-electron chi connectivity index (χ4n) is 2.84. The summed E-state index contributed by atoms with van der Waals surface area (Å²) < 4.78 is 1.11. The van der Waals surface area contributed by atoms with E-state index < -0.39 is 5.69 Å². The van der Waals surface area contributed by atoms with Crippen LogP contribution < -0.4 is 11.2 Å². The molecule has 0 saturated heterocycles. The second kappa shape index (κ2) is 6.20. The van der Waals surface area contributed by atoms with Crippen molar-refractivity contribution in [3.05, 3.63) is 55.5 Å². The summed E-state index contributed by atoms with van der Waals surface area (Å²) in [6.45, 7) is 5.57. The van der Waals surface area contributed by atoms with Crippen LogP contribution in [0, 0.1) is 13.8 Å². The molecule has 0 unspecified atom stereocenters. The van der Waals surface area contributed by atoms with Gasteiger partial charge in [-0.25, -0.2) is 4.79 Å². The van der Waals surface area contributed by atoms with Crippen molar-refractivity contribution in [1.82, 2.24) is 9.55 Å². The molecule has 0 bridgehead atoms. The Balaban J connectivity index is 2.24. The maximum absolute atomic E-state index is 12.8. The van der Waals surface area contributed by atoms with E-state index >= 15 is 0 Å². The number of rotatable bonds is 4. The van der Waals surface area contributed by atoms with Crippen LogP contribution in [0.3, 0.4) is 0 Å². The number of hydrogen-bond donors (Lipinski definition) is 1. The number of aromatic amines is 1. The first-order chi connectivity index (χ1) is 11.4. The van der Waals surface area contributed by atoms with Crippen LogP contribution in [0.2, 0.25) is 0 Å². The molecule has 0 aliphatic heterocycles. The lowest BCUT2D eigenvalue weighted by molar-refractivity contribution is -0.117. The number of nitrogens with zero attached hydrogens (tertiary/aromatic N) is 1. The zero-order valence-electron chi connectivity index (χ0n) is 13.8. The normalized spacial score (nSPS) is 11.1. The van der Waals surface area contributed by atoms with E-state index in [-0.39, 0.29) is 24.3 Å². The number of nitrogens with one attached hydrogen (secondary N) is 1. The first-order valence-corrected chi connectivity index (χ1v) is 8.58. The van der Waals surface area contributed by atoms with Crippen LogP contribution in [0.5, 0.6) is 0 Å². The van der Waals surface area contributed by atoms with E-state index in [0.717, 1.165) is 26.8 Å². The molecule has 3 aromatic rings. The van der Waals surface area contributed by atoms with Crippen molar-refractivity contribution >= 4 is 27.3 Å². The Morgan fingerprint density at radius 2 is 1.96 bits per heavy atom. The fraction of sp³-hybridized carbons (Fsp3) is 0.278. The molecule has 124 valence electrons. The summed E-state index contributed by atoms with van der Waals surface area (Å²) in [7, 11) is 0. The van der Waals surface area contributed by atoms with Gasteiger partial charge in [-0.3, -0.25) is 19.1 Å². The van der Waals surface area contributed by atoms with Gasteiger partial charge in [-0.05, 0) is 31.9 Å². The number of H-pyrrole nitrogens is 1. The summed E-state index contributed by atoms with van der Waals surface area (Å²) in [5, 5.41) is 2.41. The first kappa shape index (κ1) is 16.4. The number of thiophene rings is 1. The molecule has 0 atom stereocenters. The molecular formula is C18H18N2O3S. The van der Waals surface area contributed by atoms with Crippen molar-refractivity contribution < 1.29 is 4.79 Å². The highest BCUT2D eigenvalue weighted by Gasteiger charge is 2.16. The van der Waals surface area contributed by atoms with Crippen LogP contribution in [0.15, 0.2) is 33.2 Å². The lowest BCUT2D eigenvalue weighted by Gasteiger charge is -2.07. The summed E-state index contributed by atoms with van der Waals surface area (Å²) in [6, 6.07) is 6.07. The molecule has 1 aromatic carbocycles. The Bertz CT molecular complexity index is 1060. The predicted octanol–water partition coefficient (Wildman–Crippen LogP) is 3.01. The van der Waals surface area contributed by atoms with Crippen LogP contribution in [-0.2, 0) is 11.3 Å². The van der Waals surface area contributed by atoms with Gasteiger partial charge in [-0.15, -0.1) is 11.3 Å². The summed E-state index contributed by atoms with van der Waals surface area (Å²) in [4.78, 5) is 39.5. The van der Waals surface area contributed by atoms with E-state index in [1.54, 1.807) is 0 Å². The second-order valence-electron chi connectivity index (χ2n) is 6.01. The minimum atomic E-state index is -0.470. The zero-order chi connectivity index (χ0) is 17.4. The Hall–Kier alpha value is -2.47. The highest BCUT2D eigenvalue weighted by Crippen LogP contribution is 2.32. The number of carbonyl (C=O) groups is 1. The van der Waals surface area contributed by atoms with Gasteiger partial charge in [0.15, 0.2) is 0 Å². The van der Waals surface area contributed by atoms with Crippen LogP contribution in [0.1, 0.15) is 24.5 Å². The largest absolute Gasteiger partial charge is 0.329 e. The van der Waals surface area contributed by atoms with Gasteiger partial charge in [0.2, 0.25) is 0 Å². The maximum atomic E-state index is 12.8. The standard InChI is InChI=1S/C18H18N2O3S/c1-10-4-5-13(11(2)8-10)14-9-24-16-15(14)17(22)20(18(23)19-16)7-6-12(3)21/h4-5,8-9H,6-7H2,1-3H3,(H,19,23). The van der Waals surface area contributed by atoms with Crippen LogP contribution in [0.25, 0.3) is 21.3 Å². The smallest absolute Gasteiger partial charge is 0.300 e. The molecule has 0 saturated carbocycles. The van der Waals surface area contributed by atoms with Crippen molar-refractivity contribution in [2.45, 2.75) is 33.7 Å². The van der Waals surface area contributed by atoms with Crippen LogP contribution in [0.4, 0.5) is 0 Å². The van der Waals surface area contributed by atoms with Crippen LogP contribution >= 0.6 is 11.3 Å². The Morgan fingerprint density at radius 3 is 2.62 bits per heavy atom. The minimum absolute atomic E-state index is 0.0543. The number of Topliss-reactive ketones (excluding diaryl/α,β-unsaturated/α-hetero) is 1. The predicted molar refractivity (Wildman–Crippen MR) is 96.9 cm³/mol. The van der Waals surface area contributed by atoms with Crippen molar-refractivity contribution in [1.29, 1.82) is 0 Å². The van der Waals surface area contributed by atoms with Crippen molar-refractivity contribution in [2.75, 3.05) is 0 Å². The van der Waals surface area contributed by atoms with Gasteiger partial charge in [0.25, 0.3) is 5.56 Å². The van der Waals surface area contributed by atoms with Crippen molar-refractivity contribution in [2.24, 2.45) is 0 Å². The third kappa shape index (κ3) is 2.85. The number of aryl methyl sites for hydroxylation is 2. The number of fused-ring (bicyclic) bond motifs is 1. The zero-order valence-corrected chi connectivity index (χ0v) is 14.6. The average molecular weight is 342 g/mol. The van der Waals surface area contributed by atoms with Gasteiger partial charge in [0.05, 0.1) is 5.39 Å². The third-order valence-electron chi connectivity index (χ3n) is 4.08. The van der Waals surface area contributed by atoms with Crippen LogP contribution in [-0.4, -0.2) is 15.3 Å². The summed E-state index contributed by atoms with van der Waals surface area (Å²) in [5.41, 5.74) is 3.23. The number of carbonyl (C=O) groups excluding carboxylic acids is 1. The number of hydrogen-bond acceptors (Lipinski definition) is 4. The van der Waals surface area contributed by atoms with E-state index in [4.69, 9.17) is 0 Å². The molecule has 0 radical (unpaired) electrons. The third-order valence-corrected chi connectivity index (χ3v) is 4.97. The first-order valence-electron chi connectivity index (χ1n) is 7.70. The van der Waals surface area contributed by atoms with Crippen molar-refractivity contribution in [3.8, 4) is 11.1 Å². The number of benzene rings is 1. The Labute approximate surface area is 142 Å². The molecule has 3 rings (SSSR count). The van der Waals surface area contributed by atoms with Gasteiger partial charge in [-0.2, -0.15) is 0 Å². The van der Waals surface area contributed by atoms with Gasteiger partial charge >= 0.3 is 5.69 Å². The monoisotopic (exact) mass is 342 g/mol. The molecule has 2 aromatic heterocycles. The molecule has 0 spiro atoms. The average Bonchev–Trinajstić information content (AvgIpc) is 2.90. The lowest BCUT2D eigenvalue weighted by Crippen LogP contribution is -2.35. The Kier molecular flexibility index (Phi) is 4.24. The van der Waals surface area contributed by atoms with E-state index in [1.165, 1.54) is 18.3 Å². The topological polar surface area (TPSA) is 71.9 Å². The molecular weight excluding hydrogens is 324 g/mol. The summed E-state index contributed by atoms with van der Waals surface area (Å²) in [5.74, 6) is -0.0543. The minimum Gasteiger partial charge on any atom is -0.300 e. The summed E-state index contributed by atoms with van der Waals surface area (Å²) in [6.07, 6.45) is 0.164. The molecule has 2 heterocycles. The molecule has 0 aliphatic carbocycles. The number of ketones is 1. The molecule has 6 heteroatoms. The maximum Gasteiger partial charge on any atom is 0.329 e. The van der Waals surface area contributed by atoms with Gasteiger partial charge < -0.3 is 0 Å². The quantitative estimate of drug-likeness (QED) is 0.792. The molecule has 1 N–H and O–H groups in total. The Morgan fingerprint density at radius 1 is 1.21 bits per heavy atom. The fourth-order valence-corrected chi connectivity index (χ4v) is 3.78. The van der Waals surface area contributed by atoms with Gasteiger partial charge in [-0.1, -0.05) is 23.8 Å². The highest BCUT2D eigenvalue weighted by molar-refractivity contribution is 7.17. The SMILES string of the molecule is CC(=O)CCn1c(=O)[nH]c2scc(-c3ccc(C)cc3C)c2c1=O. The van der Waals surface area contributed by atoms with E-state index in [9.17, 15) is 14.4 Å². The van der Waals surface area contributed by atoms with Gasteiger partial charge in [0, 0.05) is 23.9 Å². The second-order valence-corrected chi connectivity index (χ2v) is 6.89. The van der Waals surface area contributed by atoms with E-state index in [2.05, 4.69) is 11.1 Å². The highest BCUT2D eigenvalue weighted by atomic mass is 32.1. The summed E-state index contributed by atoms with van der Waals surface area (Å²) >= 11 is 1.35. The number of aromatic nitrogens is 2. The van der Waals surface area contributed by atoms with Gasteiger partial charge in [0.1, 0.15) is 10.6 Å². The lowest BCUT2D eigenvalue weighted by atomic mass is 9.99. The van der Waals surface area contributed by atoms with E-state index in [0.29, 0.717) is 10.2 Å². The molecule has 24 heavy (non-hydrogen) atoms. The molecule has 0 aliphatic rings.